The van der Waals surface area contributed by atoms with E-state index in [1.54, 1.807) is 0 Å². The van der Waals surface area contributed by atoms with Gasteiger partial charge in [0.25, 0.3) is 0 Å². The molecule has 0 fully saturated rings. The predicted molar refractivity (Wildman–Crippen MR) is 58.8 cm³/mol. The van der Waals surface area contributed by atoms with E-state index in [0.29, 0.717) is 17.8 Å². The number of halogens is 1. The molecule has 2 rings (SSSR count). The maximum Gasteiger partial charge on any atom is 0.304 e. The Labute approximate surface area is 101 Å². The number of benzene rings is 1. The molecule has 0 aliphatic heterocycles. The molecule has 0 aliphatic carbocycles. The van der Waals surface area contributed by atoms with Gasteiger partial charge in [0.05, 0.1) is 22.5 Å². The highest BCUT2D eigenvalue weighted by Gasteiger charge is 2.14. The topological polar surface area (TPSA) is 94.1 Å². The number of aliphatic hydroxyl groups excluding tert-OH is 1. The van der Waals surface area contributed by atoms with Crippen LogP contribution in [-0.2, 0) is 6.42 Å². The summed E-state index contributed by atoms with van der Waals surface area (Å²) in [5, 5.41) is 26.7. The largest absolute Gasteiger partial charge is 0.396 e. The molecule has 1 heterocycles. The van der Waals surface area contributed by atoms with Crippen molar-refractivity contribution in [2.45, 2.75) is 6.42 Å². The van der Waals surface area contributed by atoms with Crippen LogP contribution in [0.2, 0.25) is 0 Å². The van der Waals surface area contributed by atoms with Gasteiger partial charge in [0.2, 0.25) is 5.82 Å². The highest BCUT2D eigenvalue weighted by molar-refractivity contribution is 5.41. The first-order valence-corrected chi connectivity index (χ1v) is 5.08. The van der Waals surface area contributed by atoms with Gasteiger partial charge in [-0.2, -0.15) is 4.39 Å². The van der Waals surface area contributed by atoms with Crippen LogP contribution in [-0.4, -0.2) is 31.6 Å². The summed E-state index contributed by atoms with van der Waals surface area (Å²) in [5.41, 5.74) is 0.292. The number of nitro benzene ring substituents is 1. The Morgan fingerprint density at radius 1 is 1.50 bits per heavy atom. The number of aromatic nitrogens is 3. The molecule has 0 radical (unpaired) electrons. The van der Waals surface area contributed by atoms with Crippen molar-refractivity contribution in [2.24, 2.45) is 0 Å². The third kappa shape index (κ3) is 2.33. The smallest absolute Gasteiger partial charge is 0.304 e. The second-order valence-electron chi connectivity index (χ2n) is 3.52. The Morgan fingerprint density at radius 3 is 2.89 bits per heavy atom. The molecule has 1 aromatic heterocycles. The fourth-order valence-electron chi connectivity index (χ4n) is 1.44. The normalized spacial score (nSPS) is 10.6. The molecule has 2 aromatic rings. The molecule has 18 heavy (non-hydrogen) atoms. The third-order valence-corrected chi connectivity index (χ3v) is 2.30. The van der Waals surface area contributed by atoms with Crippen LogP contribution < -0.4 is 0 Å². The standard InChI is InChI=1S/C10H9FN4O3/c11-9-5-8(1-2-10(9)15(17)18)14-6-7(3-4-16)12-13-14/h1-2,5-6,16H,3-4H2. The van der Waals surface area contributed by atoms with Gasteiger partial charge in [0.15, 0.2) is 0 Å². The van der Waals surface area contributed by atoms with E-state index in [4.69, 9.17) is 5.11 Å². The van der Waals surface area contributed by atoms with Crippen LogP contribution in [0.3, 0.4) is 0 Å². The number of aliphatic hydroxyl groups is 1. The first-order chi connectivity index (χ1) is 8.61. The van der Waals surface area contributed by atoms with Crippen molar-refractivity contribution in [2.75, 3.05) is 6.61 Å². The summed E-state index contributed by atoms with van der Waals surface area (Å²) in [6.45, 7) is -0.0622. The van der Waals surface area contributed by atoms with Gasteiger partial charge < -0.3 is 5.11 Å². The van der Waals surface area contributed by atoms with Crippen LogP contribution in [0.25, 0.3) is 5.69 Å². The van der Waals surface area contributed by atoms with Crippen LogP contribution in [0.4, 0.5) is 10.1 Å². The summed E-state index contributed by atoms with van der Waals surface area (Å²) in [4.78, 5) is 9.67. The van der Waals surface area contributed by atoms with E-state index in [1.807, 2.05) is 0 Å². The van der Waals surface area contributed by atoms with Crippen LogP contribution in [0.1, 0.15) is 5.69 Å². The number of rotatable bonds is 4. The van der Waals surface area contributed by atoms with Crippen molar-refractivity contribution in [1.82, 2.24) is 15.0 Å². The summed E-state index contributed by atoms with van der Waals surface area (Å²) in [6.07, 6.45) is 1.87. The molecule has 1 N–H and O–H groups in total. The predicted octanol–water partition coefficient (Wildman–Crippen LogP) is 0.849. The molecule has 0 amide bonds. The number of hydrogen-bond donors (Lipinski definition) is 1. The van der Waals surface area contributed by atoms with E-state index in [1.165, 1.54) is 16.9 Å². The number of nitro groups is 1. The van der Waals surface area contributed by atoms with Gasteiger partial charge in [0, 0.05) is 25.2 Å². The average molecular weight is 252 g/mol. The molecule has 8 heteroatoms. The molecule has 7 nitrogen and oxygen atoms in total. The average Bonchev–Trinajstić information content (AvgIpc) is 2.77. The lowest BCUT2D eigenvalue weighted by atomic mass is 10.2. The van der Waals surface area contributed by atoms with Gasteiger partial charge >= 0.3 is 5.69 Å². The van der Waals surface area contributed by atoms with Crippen molar-refractivity contribution >= 4 is 5.69 Å². The van der Waals surface area contributed by atoms with E-state index in [2.05, 4.69) is 10.3 Å². The second-order valence-corrected chi connectivity index (χ2v) is 3.52. The minimum atomic E-state index is -0.934. The van der Waals surface area contributed by atoms with E-state index in [-0.39, 0.29) is 6.61 Å². The molecule has 0 saturated carbocycles. The first kappa shape index (κ1) is 12.1. The van der Waals surface area contributed by atoms with Gasteiger partial charge in [0.1, 0.15) is 0 Å². The Kier molecular flexibility index (Phi) is 3.28. The van der Waals surface area contributed by atoms with Crippen LogP contribution in [0, 0.1) is 15.9 Å². The minimum absolute atomic E-state index is 0.0622. The molecule has 0 atom stereocenters. The molecule has 1 aromatic carbocycles. The molecule has 0 unspecified atom stereocenters. The summed E-state index contributed by atoms with van der Waals surface area (Å²) in [5.74, 6) is -0.934. The molecular weight excluding hydrogens is 243 g/mol. The van der Waals surface area contributed by atoms with Crippen LogP contribution in [0.5, 0.6) is 0 Å². The second kappa shape index (κ2) is 4.88. The van der Waals surface area contributed by atoms with Gasteiger partial charge in [-0.05, 0) is 6.07 Å². The van der Waals surface area contributed by atoms with Crippen molar-refractivity contribution in [3.05, 3.63) is 46.0 Å². The van der Waals surface area contributed by atoms with E-state index >= 15 is 0 Å². The lowest BCUT2D eigenvalue weighted by Crippen LogP contribution is -1.98. The highest BCUT2D eigenvalue weighted by Crippen LogP contribution is 2.19. The molecule has 0 saturated heterocycles. The van der Waals surface area contributed by atoms with E-state index < -0.39 is 16.4 Å². The molecule has 0 spiro atoms. The van der Waals surface area contributed by atoms with Crippen molar-refractivity contribution < 1.29 is 14.4 Å². The van der Waals surface area contributed by atoms with Crippen molar-refractivity contribution in [3.63, 3.8) is 0 Å². The zero-order valence-corrected chi connectivity index (χ0v) is 9.15. The monoisotopic (exact) mass is 252 g/mol. The summed E-state index contributed by atoms with van der Waals surface area (Å²) >= 11 is 0. The van der Waals surface area contributed by atoms with E-state index in [9.17, 15) is 14.5 Å². The molecule has 94 valence electrons. The van der Waals surface area contributed by atoms with Crippen molar-refractivity contribution in [1.29, 1.82) is 0 Å². The maximum atomic E-state index is 13.4. The van der Waals surface area contributed by atoms with Gasteiger partial charge in [-0.1, -0.05) is 5.21 Å². The SMILES string of the molecule is O=[N+]([O-])c1ccc(-n2cc(CCO)nn2)cc1F. The summed E-state index contributed by atoms with van der Waals surface area (Å²) in [6, 6.07) is 3.45. The fraction of sp³-hybridized carbons (Fsp3) is 0.200. The quantitative estimate of drug-likeness (QED) is 0.643. The number of nitrogens with zero attached hydrogens (tertiary/aromatic N) is 4. The Bertz CT molecular complexity index is 584. The zero-order valence-electron chi connectivity index (χ0n) is 9.15. The van der Waals surface area contributed by atoms with Gasteiger partial charge in [-0.15, -0.1) is 5.10 Å². The number of hydrogen-bond acceptors (Lipinski definition) is 5. The molecule has 0 bridgehead atoms. The van der Waals surface area contributed by atoms with E-state index in [0.717, 1.165) is 12.1 Å². The first-order valence-electron chi connectivity index (χ1n) is 5.08. The molecule has 0 aliphatic rings. The minimum Gasteiger partial charge on any atom is -0.396 e. The van der Waals surface area contributed by atoms with Crippen molar-refractivity contribution in [3.8, 4) is 5.69 Å². The van der Waals surface area contributed by atoms with Gasteiger partial charge in [-0.3, -0.25) is 10.1 Å². The van der Waals surface area contributed by atoms with Gasteiger partial charge in [-0.25, -0.2) is 4.68 Å². The Morgan fingerprint density at radius 2 is 2.28 bits per heavy atom. The zero-order chi connectivity index (χ0) is 13.1. The lowest BCUT2D eigenvalue weighted by molar-refractivity contribution is -0.387. The maximum absolute atomic E-state index is 13.4. The van der Waals surface area contributed by atoms with Crippen LogP contribution >= 0.6 is 0 Å². The molecular formula is C10H9FN4O3. The summed E-state index contributed by atoms with van der Waals surface area (Å²) in [7, 11) is 0. The third-order valence-electron chi connectivity index (χ3n) is 2.30. The Balaban J connectivity index is 2.33. The summed E-state index contributed by atoms with van der Waals surface area (Å²) < 4.78 is 14.7. The Hall–Kier alpha value is -2.35. The fourth-order valence-corrected chi connectivity index (χ4v) is 1.44. The highest BCUT2D eigenvalue weighted by atomic mass is 19.1. The lowest BCUT2D eigenvalue weighted by Gasteiger charge is -2.00. The van der Waals surface area contributed by atoms with Crippen LogP contribution in [0.15, 0.2) is 24.4 Å².